The molecule has 3 nitrogen and oxygen atoms in total. The van der Waals surface area contributed by atoms with E-state index in [4.69, 9.17) is 4.74 Å². The van der Waals surface area contributed by atoms with Gasteiger partial charge in [-0.25, -0.2) is 0 Å². The third-order valence-corrected chi connectivity index (χ3v) is 2.18. The van der Waals surface area contributed by atoms with Gasteiger partial charge in [0.15, 0.2) is 5.43 Å². The van der Waals surface area contributed by atoms with E-state index in [-0.39, 0.29) is 5.43 Å². The smallest absolute Gasteiger partial charge is 0.189 e. The highest BCUT2D eigenvalue weighted by molar-refractivity contribution is 5.81. The van der Waals surface area contributed by atoms with Crippen LogP contribution in [0.4, 0.5) is 0 Å². The molecule has 0 amide bonds. The van der Waals surface area contributed by atoms with Crippen LogP contribution in [0.5, 0.6) is 0 Å². The molecule has 1 aromatic carbocycles. The quantitative estimate of drug-likeness (QED) is 0.780. The number of aromatic nitrogens is 1. The van der Waals surface area contributed by atoms with Gasteiger partial charge in [-0.1, -0.05) is 12.1 Å². The number of H-pyrrole nitrogens is 1. The lowest BCUT2D eigenvalue weighted by atomic mass is 10.1. The molecular weight excluding hydrogens is 178 g/mol. The van der Waals surface area contributed by atoms with Crippen LogP contribution in [-0.2, 0) is 11.3 Å². The first-order valence-corrected chi connectivity index (χ1v) is 4.41. The number of ether oxygens (including phenoxy) is 1. The zero-order chi connectivity index (χ0) is 9.97. The van der Waals surface area contributed by atoms with Crippen LogP contribution < -0.4 is 5.43 Å². The van der Waals surface area contributed by atoms with Gasteiger partial charge < -0.3 is 9.72 Å². The summed E-state index contributed by atoms with van der Waals surface area (Å²) in [6, 6.07) is 7.15. The normalized spacial score (nSPS) is 10.6. The number of aromatic amines is 1. The summed E-state index contributed by atoms with van der Waals surface area (Å²) >= 11 is 0. The van der Waals surface area contributed by atoms with Crippen LogP contribution in [0.2, 0.25) is 0 Å². The van der Waals surface area contributed by atoms with E-state index in [1.54, 1.807) is 13.3 Å². The average molecular weight is 189 g/mol. The minimum Gasteiger partial charge on any atom is -0.380 e. The van der Waals surface area contributed by atoms with Crippen molar-refractivity contribution in [1.82, 2.24) is 4.98 Å². The van der Waals surface area contributed by atoms with Crippen LogP contribution in [0.25, 0.3) is 10.9 Å². The monoisotopic (exact) mass is 189 g/mol. The summed E-state index contributed by atoms with van der Waals surface area (Å²) in [7, 11) is 1.64. The molecule has 3 heteroatoms. The molecule has 0 saturated heterocycles. The van der Waals surface area contributed by atoms with Crippen LogP contribution in [0, 0.1) is 0 Å². The van der Waals surface area contributed by atoms with Gasteiger partial charge in [-0.3, -0.25) is 4.79 Å². The summed E-state index contributed by atoms with van der Waals surface area (Å²) in [5, 5.41) is 0.710. The molecule has 0 saturated carbocycles. The van der Waals surface area contributed by atoms with Crippen LogP contribution in [0.15, 0.2) is 35.3 Å². The maximum atomic E-state index is 11.5. The Morgan fingerprint density at radius 3 is 3.00 bits per heavy atom. The number of para-hydroxylation sites is 1. The molecule has 14 heavy (non-hydrogen) atoms. The highest BCUT2D eigenvalue weighted by atomic mass is 16.5. The van der Waals surface area contributed by atoms with E-state index in [9.17, 15) is 4.79 Å². The molecule has 0 fully saturated rings. The number of nitrogens with one attached hydrogen (secondary N) is 1. The number of pyridine rings is 1. The van der Waals surface area contributed by atoms with Crippen LogP contribution in [0.3, 0.4) is 0 Å². The van der Waals surface area contributed by atoms with Gasteiger partial charge in [0.2, 0.25) is 0 Å². The Morgan fingerprint density at radius 2 is 2.21 bits per heavy atom. The zero-order valence-electron chi connectivity index (χ0n) is 7.91. The van der Waals surface area contributed by atoms with Crippen molar-refractivity contribution < 1.29 is 4.74 Å². The first-order valence-electron chi connectivity index (χ1n) is 4.41. The van der Waals surface area contributed by atoms with Crippen molar-refractivity contribution in [2.45, 2.75) is 6.61 Å². The predicted molar refractivity (Wildman–Crippen MR) is 55.3 cm³/mol. The van der Waals surface area contributed by atoms with Gasteiger partial charge in [0.25, 0.3) is 0 Å². The highest BCUT2D eigenvalue weighted by Gasteiger charge is 2.02. The summed E-state index contributed by atoms with van der Waals surface area (Å²) in [6.07, 6.45) is 1.66. The lowest BCUT2D eigenvalue weighted by Gasteiger charge is -2.03. The Morgan fingerprint density at radius 1 is 1.36 bits per heavy atom. The van der Waals surface area contributed by atoms with Crippen molar-refractivity contribution in [1.29, 1.82) is 0 Å². The van der Waals surface area contributed by atoms with Crippen LogP contribution >= 0.6 is 0 Å². The van der Waals surface area contributed by atoms with Gasteiger partial charge in [0, 0.05) is 30.3 Å². The van der Waals surface area contributed by atoms with Crippen molar-refractivity contribution in [2.75, 3.05) is 7.11 Å². The predicted octanol–water partition coefficient (Wildman–Crippen LogP) is 1.67. The van der Waals surface area contributed by atoms with Crippen molar-refractivity contribution in [2.24, 2.45) is 0 Å². The molecular formula is C11H11NO2. The number of hydrogen-bond acceptors (Lipinski definition) is 2. The van der Waals surface area contributed by atoms with E-state index < -0.39 is 0 Å². The standard InChI is InChI=1S/C11H11NO2/c1-14-7-8-3-2-4-9-10(13)5-6-12-11(8)9/h2-6H,7H2,1H3,(H,12,13). The van der Waals surface area contributed by atoms with Gasteiger partial charge in [0.1, 0.15) is 0 Å². The van der Waals surface area contributed by atoms with Crippen molar-refractivity contribution in [3.8, 4) is 0 Å². The van der Waals surface area contributed by atoms with Crippen molar-refractivity contribution in [3.63, 3.8) is 0 Å². The fourth-order valence-electron chi connectivity index (χ4n) is 1.54. The van der Waals surface area contributed by atoms with Gasteiger partial charge in [-0.05, 0) is 6.07 Å². The Kier molecular flexibility index (Phi) is 2.33. The molecule has 0 unspecified atom stereocenters. The lowest BCUT2D eigenvalue weighted by Crippen LogP contribution is -2.02. The zero-order valence-corrected chi connectivity index (χ0v) is 7.91. The van der Waals surface area contributed by atoms with E-state index in [2.05, 4.69) is 4.98 Å². The summed E-state index contributed by atoms with van der Waals surface area (Å²) in [4.78, 5) is 14.5. The maximum Gasteiger partial charge on any atom is 0.189 e. The number of benzene rings is 1. The molecule has 0 aliphatic carbocycles. The molecule has 0 aliphatic heterocycles. The summed E-state index contributed by atoms with van der Waals surface area (Å²) in [5.74, 6) is 0. The van der Waals surface area contributed by atoms with E-state index in [0.29, 0.717) is 12.0 Å². The van der Waals surface area contributed by atoms with Crippen LogP contribution in [-0.4, -0.2) is 12.1 Å². The Bertz CT molecular complexity index is 502. The fourth-order valence-corrected chi connectivity index (χ4v) is 1.54. The lowest BCUT2D eigenvalue weighted by molar-refractivity contribution is 0.186. The molecule has 2 aromatic rings. The number of hydrogen-bond donors (Lipinski definition) is 1. The van der Waals surface area contributed by atoms with Crippen LogP contribution in [0.1, 0.15) is 5.56 Å². The molecule has 0 spiro atoms. The first-order chi connectivity index (χ1) is 6.83. The number of rotatable bonds is 2. The van der Waals surface area contributed by atoms with E-state index in [0.717, 1.165) is 11.1 Å². The second-order valence-corrected chi connectivity index (χ2v) is 3.11. The van der Waals surface area contributed by atoms with Gasteiger partial charge >= 0.3 is 0 Å². The SMILES string of the molecule is COCc1cccc2c(=O)cc[nH]c12. The topological polar surface area (TPSA) is 42.1 Å². The Hall–Kier alpha value is -1.61. The Labute approximate surface area is 81.3 Å². The minimum absolute atomic E-state index is 0.0386. The molecule has 0 radical (unpaired) electrons. The third-order valence-electron chi connectivity index (χ3n) is 2.18. The second-order valence-electron chi connectivity index (χ2n) is 3.11. The van der Waals surface area contributed by atoms with Crippen molar-refractivity contribution in [3.05, 3.63) is 46.2 Å². The van der Waals surface area contributed by atoms with Gasteiger partial charge in [-0.15, -0.1) is 0 Å². The molecule has 0 bridgehead atoms. The largest absolute Gasteiger partial charge is 0.380 e. The molecule has 0 atom stereocenters. The highest BCUT2D eigenvalue weighted by Crippen LogP contribution is 2.13. The van der Waals surface area contributed by atoms with Crippen molar-refractivity contribution >= 4 is 10.9 Å². The minimum atomic E-state index is 0.0386. The summed E-state index contributed by atoms with van der Waals surface area (Å²) in [6.45, 7) is 0.511. The third kappa shape index (κ3) is 1.42. The number of fused-ring (bicyclic) bond motifs is 1. The van der Waals surface area contributed by atoms with Gasteiger partial charge in [0.05, 0.1) is 12.1 Å². The molecule has 72 valence electrons. The second kappa shape index (κ2) is 3.64. The Balaban J connectivity index is 2.75. The molecule has 0 aliphatic rings. The first kappa shape index (κ1) is 8.97. The summed E-state index contributed by atoms with van der Waals surface area (Å²) < 4.78 is 5.05. The number of methoxy groups -OCH3 is 1. The average Bonchev–Trinajstić information content (AvgIpc) is 2.20. The van der Waals surface area contributed by atoms with E-state index in [1.807, 2.05) is 18.2 Å². The molecule has 1 aromatic heterocycles. The fraction of sp³-hybridized carbons (Fsp3) is 0.182. The van der Waals surface area contributed by atoms with Gasteiger partial charge in [-0.2, -0.15) is 0 Å². The summed E-state index contributed by atoms with van der Waals surface area (Å²) in [5.41, 5.74) is 1.90. The maximum absolute atomic E-state index is 11.5. The molecule has 1 N–H and O–H groups in total. The molecule has 2 rings (SSSR count). The van der Waals surface area contributed by atoms with E-state index >= 15 is 0 Å². The van der Waals surface area contributed by atoms with E-state index in [1.165, 1.54) is 6.07 Å². The molecule has 1 heterocycles.